The highest BCUT2D eigenvalue weighted by atomic mass is 35.5. The monoisotopic (exact) mass is 229 g/mol. The van der Waals surface area contributed by atoms with E-state index in [-0.39, 0.29) is 10.8 Å². The Labute approximate surface area is 94.8 Å². The van der Waals surface area contributed by atoms with Gasteiger partial charge in [-0.15, -0.1) is 0 Å². The number of methoxy groups -OCH3 is 1. The summed E-state index contributed by atoms with van der Waals surface area (Å²) in [6, 6.07) is 1.88. The van der Waals surface area contributed by atoms with Crippen LogP contribution in [0.3, 0.4) is 0 Å². The third-order valence-corrected chi connectivity index (χ3v) is 2.67. The molecule has 0 radical (unpaired) electrons. The molecule has 0 heterocycles. The third kappa shape index (κ3) is 2.55. The highest BCUT2D eigenvalue weighted by Crippen LogP contribution is 2.39. The molecular formula is C11H16ClNO2. The first-order valence-corrected chi connectivity index (χ1v) is 5.24. The first-order chi connectivity index (χ1) is 7.11. The van der Waals surface area contributed by atoms with Gasteiger partial charge in [-0.3, -0.25) is 0 Å². The fourth-order valence-corrected chi connectivity index (χ4v) is 1.90. The third-order valence-electron chi connectivity index (χ3n) is 2.31. The molecule has 0 aliphatic carbocycles. The molecule has 0 aliphatic rings. The van der Waals surface area contributed by atoms with Crippen molar-refractivity contribution < 1.29 is 9.84 Å². The van der Waals surface area contributed by atoms with E-state index in [1.54, 1.807) is 0 Å². The van der Waals surface area contributed by atoms with Crippen LogP contribution in [0.15, 0.2) is 6.07 Å². The van der Waals surface area contributed by atoms with Crippen LogP contribution in [0.25, 0.3) is 0 Å². The minimum Gasteiger partial charge on any atom is -0.506 e. The first-order valence-electron chi connectivity index (χ1n) is 4.86. The summed E-state index contributed by atoms with van der Waals surface area (Å²) in [7, 11) is 1.53. The number of nitrogens with two attached hydrogens (primary N) is 1. The Morgan fingerprint density at radius 3 is 2.73 bits per heavy atom. The van der Waals surface area contributed by atoms with Gasteiger partial charge >= 0.3 is 0 Å². The number of phenols is 1. The fourth-order valence-electron chi connectivity index (χ4n) is 1.55. The molecule has 0 saturated heterocycles. The number of halogens is 1. The molecule has 0 amide bonds. The maximum atomic E-state index is 9.81. The normalized spacial score (nSPS) is 10.4. The molecule has 0 unspecified atom stereocenters. The van der Waals surface area contributed by atoms with Gasteiger partial charge in [-0.2, -0.15) is 0 Å². The topological polar surface area (TPSA) is 55.5 Å². The zero-order chi connectivity index (χ0) is 11.4. The van der Waals surface area contributed by atoms with Crippen molar-refractivity contribution in [3.63, 3.8) is 0 Å². The molecule has 0 fully saturated rings. The molecule has 0 aliphatic heterocycles. The quantitative estimate of drug-likeness (QED) is 0.833. The van der Waals surface area contributed by atoms with Crippen LogP contribution in [0.4, 0.5) is 0 Å². The maximum Gasteiger partial charge on any atom is 0.144 e. The summed E-state index contributed by atoms with van der Waals surface area (Å²) < 4.78 is 5.10. The summed E-state index contributed by atoms with van der Waals surface area (Å²) in [5, 5.41) is 10.1. The molecule has 3 N–H and O–H groups in total. The average Bonchev–Trinajstić information content (AvgIpc) is 2.22. The molecule has 15 heavy (non-hydrogen) atoms. The van der Waals surface area contributed by atoms with Crippen LogP contribution in [0.1, 0.15) is 17.5 Å². The summed E-state index contributed by atoms with van der Waals surface area (Å²) in [5.74, 6) is 0.637. The molecule has 0 aromatic heterocycles. The molecule has 4 heteroatoms. The smallest absolute Gasteiger partial charge is 0.144 e. The van der Waals surface area contributed by atoms with Gasteiger partial charge in [-0.25, -0.2) is 0 Å². The average molecular weight is 230 g/mol. The number of ether oxygens (including phenoxy) is 1. The zero-order valence-corrected chi connectivity index (χ0v) is 9.77. The van der Waals surface area contributed by atoms with Gasteiger partial charge in [0.2, 0.25) is 0 Å². The molecule has 1 aromatic carbocycles. The number of benzene rings is 1. The van der Waals surface area contributed by atoms with E-state index in [2.05, 4.69) is 0 Å². The van der Waals surface area contributed by atoms with Crippen molar-refractivity contribution in [3.05, 3.63) is 22.2 Å². The lowest BCUT2D eigenvalue weighted by atomic mass is 10.0. The number of hydrogen-bond acceptors (Lipinski definition) is 3. The van der Waals surface area contributed by atoms with Crippen molar-refractivity contribution >= 4 is 11.6 Å². The number of aryl methyl sites for hydroxylation is 2. The zero-order valence-electron chi connectivity index (χ0n) is 9.01. The fraction of sp³-hybridized carbons (Fsp3) is 0.455. The number of hydrogen-bond donors (Lipinski definition) is 2. The van der Waals surface area contributed by atoms with Gasteiger partial charge in [0.25, 0.3) is 0 Å². The van der Waals surface area contributed by atoms with Gasteiger partial charge in [-0.05, 0) is 43.5 Å². The van der Waals surface area contributed by atoms with E-state index in [4.69, 9.17) is 22.1 Å². The summed E-state index contributed by atoms with van der Waals surface area (Å²) in [6.45, 7) is 2.50. The molecule has 1 rings (SSSR count). The Morgan fingerprint density at radius 1 is 1.53 bits per heavy atom. The lowest BCUT2D eigenvalue weighted by molar-refractivity contribution is 0.403. The van der Waals surface area contributed by atoms with Crippen LogP contribution < -0.4 is 10.5 Å². The van der Waals surface area contributed by atoms with Crippen LogP contribution in [-0.4, -0.2) is 18.8 Å². The minimum absolute atomic E-state index is 0.104. The predicted octanol–water partition coefficient (Wildman–Crippen LogP) is 2.25. The predicted molar refractivity (Wildman–Crippen MR) is 61.8 cm³/mol. The van der Waals surface area contributed by atoms with E-state index in [0.29, 0.717) is 12.3 Å². The van der Waals surface area contributed by atoms with Crippen LogP contribution >= 0.6 is 11.6 Å². The van der Waals surface area contributed by atoms with Crippen molar-refractivity contribution in [3.8, 4) is 11.5 Å². The molecule has 0 saturated carbocycles. The number of rotatable bonds is 4. The van der Waals surface area contributed by atoms with E-state index >= 15 is 0 Å². The molecular weight excluding hydrogens is 214 g/mol. The van der Waals surface area contributed by atoms with Crippen LogP contribution in [0, 0.1) is 6.92 Å². The highest BCUT2D eigenvalue weighted by Gasteiger charge is 2.14. The van der Waals surface area contributed by atoms with Gasteiger partial charge in [0.15, 0.2) is 0 Å². The summed E-state index contributed by atoms with van der Waals surface area (Å²) >= 11 is 5.98. The van der Waals surface area contributed by atoms with E-state index in [1.165, 1.54) is 7.11 Å². The second-order valence-corrected chi connectivity index (χ2v) is 3.82. The van der Waals surface area contributed by atoms with E-state index < -0.39 is 0 Å². The largest absolute Gasteiger partial charge is 0.506 e. The summed E-state index contributed by atoms with van der Waals surface area (Å²) in [5.41, 5.74) is 7.17. The van der Waals surface area contributed by atoms with Crippen molar-refractivity contribution in [2.45, 2.75) is 19.8 Å². The Kier molecular flexibility index (Phi) is 4.24. The SMILES string of the molecule is COc1c(C)cc(CCCN)c(O)c1Cl. The minimum atomic E-state index is 0.104. The Hall–Kier alpha value is -0.930. The highest BCUT2D eigenvalue weighted by molar-refractivity contribution is 6.33. The lowest BCUT2D eigenvalue weighted by Crippen LogP contribution is -2.01. The molecule has 0 atom stereocenters. The van der Waals surface area contributed by atoms with Crippen LogP contribution in [0.5, 0.6) is 11.5 Å². The van der Waals surface area contributed by atoms with E-state index in [9.17, 15) is 5.11 Å². The van der Waals surface area contributed by atoms with E-state index in [0.717, 1.165) is 24.0 Å². The standard InChI is InChI=1S/C11H16ClNO2/c1-7-6-8(4-3-5-13)10(14)9(12)11(7)15-2/h6,14H,3-5,13H2,1-2H3. The molecule has 84 valence electrons. The summed E-state index contributed by atoms with van der Waals surface area (Å²) in [4.78, 5) is 0. The van der Waals surface area contributed by atoms with Crippen LogP contribution in [0.2, 0.25) is 5.02 Å². The van der Waals surface area contributed by atoms with Gasteiger partial charge in [0.1, 0.15) is 16.5 Å². The van der Waals surface area contributed by atoms with E-state index in [1.807, 2.05) is 13.0 Å². The lowest BCUT2D eigenvalue weighted by Gasteiger charge is -2.12. The van der Waals surface area contributed by atoms with Crippen molar-refractivity contribution in [1.29, 1.82) is 0 Å². The van der Waals surface area contributed by atoms with Gasteiger partial charge in [0, 0.05) is 0 Å². The maximum absolute atomic E-state index is 9.81. The second kappa shape index (κ2) is 5.24. The van der Waals surface area contributed by atoms with Crippen LogP contribution in [-0.2, 0) is 6.42 Å². The Balaban J connectivity index is 3.10. The molecule has 0 spiro atoms. The second-order valence-electron chi connectivity index (χ2n) is 3.44. The molecule has 3 nitrogen and oxygen atoms in total. The number of aromatic hydroxyl groups is 1. The van der Waals surface area contributed by atoms with Gasteiger partial charge in [-0.1, -0.05) is 11.6 Å². The Morgan fingerprint density at radius 2 is 2.20 bits per heavy atom. The Bertz CT molecular complexity index is 353. The molecule has 0 bridgehead atoms. The van der Waals surface area contributed by atoms with Crippen molar-refractivity contribution in [2.24, 2.45) is 5.73 Å². The number of phenolic OH excluding ortho intramolecular Hbond substituents is 1. The summed E-state index contributed by atoms with van der Waals surface area (Å²) in [6.07, 6.45) is 1.56. The van der Waals surface area contributed by atoms with Crippen molar-refractivity contribution in [1.82, 2.24) is 0 Å². The molecule has 1 aromatic rings. The van der Waals surface area contributed by atoms with Crippen molar-refractivity contribution in [2.75, 3.05) is 13.7 Å². The van der Waals surface area contributed by atoms with Gasteiger partial charge < -0.3 is 15.6 Å². The van der Waals surface area contributed by atoms with Gasteiger partial charge in [0.05, 0.1) is 7.11 Å². The first kappa shape index (κ1) is 12.1.